The van der Waals surface area contributed by atoms with Gasteiger partial charge in [-0.3, -0.25) is 4.99 Å². The monoisotopic (exact) mass is 443 g/mol. The molecular formula is C19H30IN3O. The van der Waals surface area contributed by atoms with E-state index in [-0.39, 0.29) is 29.6 Å². The van der Waals surface area contributed by atoms with Crippen molar-refractivity contribution < 1.29 is 4.74 Å². The van der Waals surface area contributed by atoms with Gasteiger partial charge in [-0.15, -0.1) is 24.0 Å². The molecule has 1 aliphatic heterocycles. The average molecular weight is 443 g/mol. The highest BCUT2D eigenvalue weighted by molar-refractivity contribution is 14.0. The standard InChI is InChI=1S/C19H29N3O.HI/c1-3-20-17(21-14-18(2)10-7-13-23-18)22-15-19(11-12-19)16-8-5-4-6-9-16;/h4-6,8-9H,3,7,10-15H2,1-2H3,(H2,20,21,22);1H. The lowest BCUT2D eigenvalue weighted by atomic mass is 9.96. The first-order valence-electron chi connectivity index (χ1n) is 8.88. The summed E-state index contributed by atoms with van der Waals surface area (Å²) in [6.45, 7) is 7.68. The van der Waals surface area contributed by atoms with E-state index in [2.05, 4.69) is 54.8 Å². The molecule has 1 heterocycles. The predicted molar refractivity (Wildman–Crippen MR) is 110 cm³/mol. The fourth-order valence-electron chi connectivity index (χ4n) is 3.31. The van der Waals surface area contributed by atoms with Crippen molar-refractivity contribution in [1.82, 2.24) is 10.6 Å². The van der Waals surface area contributed by atoms with Crippen molar-refractivity contribution >= 4 is 29.9 Å². The maximum Gasteiger partial charge on any atom is 0.191 e. The zero-order chi connectivity index (χ0) is 16.2. The van der Waals surface area contributed by atoms with E-state index in [4.69, 9.17) is 9.73 Å². The Balaban J connectivity index is 0.00000208. The number of guanidine groups is 1. The van der Waals surface area contributed by atoms with Gasteiger partial charge in [0.05, 0.1) is 12.1 Å². The third-order valence-corrected chi connectivity index (χ3v) is 5.05. The van der Waals surface area contributed by atoms with E-state index in [1.807, 2.05) is 0 Å². The van der Waals surface area contributed by atoms with Crippen LogP contribution in [-0.4, -0.2) is 37.8 Å². The van der Waals surface area contributed by atoms with Crippen LogP contribution in [0.1, 0.15) is 45.1 Å². The first kappa shape index (κ1) is 19.5. The maximum atomic E-state index is 5.83. The molecule has 4 nitrogen and oxygen atoms in total. The fraction of sp³-hybridized carbons (Fsp3) is 0.632. The molecule has 2 fully saturated rings. The minimum Gasteiger partial charge on any atom is -0.373 e. The molecule has 5 heteroatoms. The largest absolute Gasteiger partial charge is 0.373 e. The van der Waals surface area contributed by atoms with E-state index in [1.165, 1.54) is 18.4 Å². The molecule has 1 atom stereocenters. The van der Waals surface area contributed by atoms with Gasteiger partial charge in [0.25, 0.3) is 0 Å². The van der Waals surface area contributed by atoms with Crippen molar-refractivity contribution in [2.45, 2.75) is 50.5 Å². The van der Waals surface area contributed by atoms with Crippen molar-refractivity contribution in [3.8, 4) is 0 Å². The third-order valence-electron chi connectivity index (χ3n) is 5.05. The summed E-state index contributed by atoms with van der Waals surface area (Å²) < 4.78 is 5.83. The molecule has 134 valence electrons. The summed E-state index contributed by atoms with van der Waals surface area (Å²) >= 11 is 0. The third kappa shape index (κ3) is 4.85. The van der Waals surface area contributed by atoms with Crippen LogP contribution in [0, 0.1) is 0 Å². The molecule has 2 N–H and O–H groups in total. The van der Waals surface area contributed by atoms with Gasteiger partial charge in [0, 0.05) is 25.1 Å². The number of nitrogens with zero attached hydrogens (tertiary/aromatic N) is 1. The van der Waals surface area contributed by atoms with Crippen LogP contribution in [0.25, 0.3) is 0 Å². The summed E-state index contributed by atoms with van der Waals surface area (Å²) in [4.78, 5) is 4.76. The molecule has 1 aromatic carbocycles. The molecule has 0 spiro atoms. The highest BCUT2D eigenvalue weighted by atomic mass is 127. The smallest absolute Gasteiger partial charge is 0.191 e. The quantitative estimate of drug-likeness (QED) is 0.402. The fourth-order valence-corrected chi connectivity index (χ4v) is 3.31. The molecule has 1 saturated carbocycles. The second-order valence-corrected chi connectivity index (χ2v) is 7.10. The van der Waals surface area contributed by atoms with Gasteiger partial charge in [0.15, 0.2) is 5.96 Å². The number of ether oxygens (including phenoxy) is 1. The van der Waals surface area contributed by atoms with Crippen LogP contribution in [0.3, 0.4) is 0 Å². The van der Waals surface area contributed by atoms with Gasteiger partial charge in [0.1, 0.15) is 0 Å². The number of aliphatic imine (C=N–C) groups is 1. The van der Waals surface area contributed by atoms with Crippen molar-refractivity contribution in [1.29, 1.82) is 0 Å². The summed E-state index contributed by atoms with van der Waals surface area (Å²) in [5.41, 5.74) is 1.65. The summed E-state index contributed by atoms with van der Waals surface area (Å²) in [5.74, 6) is 0.909. The first-order valence-corrected chi connectivity index (χ1v) is 8.88. The summed E-state index contributed by atoms with van der Waals surface area (Å²) in [5, 5.41) is 6.91. The Labute approximate surface area is 162 Å². The Morgan fingerprint density at radius 2 is 1.92 bits per heavy atom. The number of benzene rings is 1. The summed E-state index contributed by atoms with van der Waals surface area (Å²) in [6.07, 6.45) is 4.76. The number of hydrogen-bond acceptors (Lipinski definition) is 2. The van der Waals surface area contributed by atoms with Crippen molar-refractivity contribution in [2.75, 3.05) is 26.2 Å². The molecular weight excluding hydrogens is 413 g/mol. The van der Waals surface area contributed by atoms with Gasteiger partial charge in [-0.05, 0) is 45.1 Å². The number of halogens is 1. The highest BCUT2D eigenvalue weighted by Gasteiger charge is 2.44. The van der Waals surface area contributed by atoms with Crippen LogP contribution in [0.2, 0.25) is 0 Å². The van der Waals surface area contributed by atoms with Gasteiger partial charge in [-0.25, -0.2) is 0 Å². The lowest BCUT2D eigenvalue weighted by Crippen LogP contribution is -2.42. The van der Waals surface area contributed by atoms with Crippen LogP contribution >= 0.6 is 24.0 Å². The van der Waals surface area contributed by atoms with Gasteiger partial charge >= 0.3 is 0 Å². The van der Waals surface area contributed by atoms with Crippen molar-refractivity contribution in [3.05, 3.63) is 35.9 Å². The van der Waals surface area contributed by atoms with E-state index in [0.29, 0.717) is 5.41 Å². The molecule has 1 unspecified atom stereocenters. The van der Waals surface area contributed by atoms with E-state index in [1.54, 1.807) is 0 Å². The molecule has 0 aromatic heterocycles. The van der Waals surface area contributed by atoms with Gasteiger partial charge < -0.3 is 15.4 Å². The lowest BCUT2D eigenvalue weighted by molar-refractivity contribution is 0.0283. The van der Waals surface area contributed by atoms with Gasteiger partial charge in [-0.1, -0.05) is 30.3 Å². The Bertz CT molecular complexity index is 537. The second kappa shape index (κ2) is 8.52. The van der Waals surface area contributed by atoms with Gasteiger partial charge in [0.2, 0.25) is 0 Å². The number of hydrogen-bond donors (Lipinski definition) is 2. The molecule has 0 bridgehead atoms. The van der Waals surface area contributed by atoms with Crippen molar-refractivity contribution in [3.63, 3.8) is 0 Å². The molecule has 2 aliphatic rings. The predicted octanol–water partition coefficient (Wildman–Crippen LogP) is 3.46. The Morgan fingerprint density at radius 3 is 2.50 bits per heavy atom. The average Bonchev–Trinajstić information content (AvgIpc) is 3.25. The maximum absolute atomic E-state index is 5.83. The van der Waals surface area contributed by atoms with Crippen LogP contribution in [0.15, 0.2) is 35.3 Å². The molecule has 1 aromatic rings. The zero-order valence-electron chi connectivity index (χ0n) is 14.8. The normalized spacial score (nSPS) is 25.0. The topological polar surface area (TPSA) is 45.7 Å². The van der Waals surface area contributed by atoms with Crippen LogP contribution < -0.4 is 10.6 Å². The van der Waals surface area contributed by atoms with E-state index in [9.17, 15) is 0 Å². The molecule has 0 amide bonds. The summed E-state index contributed by atoms with van der Waals surface area (Å²) in [7, 11) is 0. The Kier molecular flexibility index (Phi) is 6.92. The van der Waals surface area contributed by atoms with Gasteiger partial charge in [-0.2, -0.15) is 0 Å². The van der Waals surface area contributed by atoms with E-state index in [0.717, 1.165) is 45.0 Å². The van der Waals surface area contributed by atoms with Crippen molar-refractivity contribution in [2.24, 2.45) is 4.99 Å². The van der Waals surface area contributed by atoms with Crippen LogP contribution in [0.4, 0.5) is 0 Å². The number of rotatable bonds is 6. The zero-order valence-corrected chi connectivity index (χ0v) is 17.1. The molecule has 1 saturated heterocycles. The minimum absolute atomic E-state index is 0. The Morgan fingerprint density at radius 1 is 1.17 bits per heavy atom. The number of nitrogens with one attached hydrogen (secondary N) is 2. The first-order chi connectivity index (χ1) is 11.2. The van der Waals surface area contributed by atoms with E-state index >= 15 is 0 Å². The van der Waals surface area contributed by atoms with Crippen LogP contribution in [0.5, 0.6) is 0 Å². The molecule has 3 rings (SSSR count). The summed E-state index contributed by atoms with van der Waals surface area (Å²) in [6, 6.07) is 10.8. The molecule has 1 aliphatic carbocycles. The minimum atomic E-state index is -0.0843. The second-order valence-electron chi connectivity index (χ2n) is 7.10. The molecule has 24 heavy (non-hydrogen) atoms. The molecule has 0 radical (unpaired) electrons. The Hall–Kier alpha value is -0.820. The lowest BCUT2D eigenvalue weighted by Gasteiger charge is -2.23. The van der Waals surface area contributed by atoms with E-state index < -0.39 is 0 Å². The van der Waals surface area contributed by atoms with Crippen LogP contribution in [-0.2, 0) is 10.2 Å². The SMILES string of the molecule is CCNC(=NCC1(C)CCCO1)NCC1(c2ccccc2)CC1.I. The highest BCUT2D eigenvalue weighted by Crippen LogP contribution is 2.47.